The van der Waals surface area contributed by atoms with Gasteiger partial charge in [-0.1, -0.05) is 0 Å². The Balaban J connectivity index is 2.76. The number of hydrogen-bond acceptors (Lipinski definition) is 4. The Labute approximate surface area is 86.5 Å². The van der Waals surface area contributed by atoms with Crippen molar-refractivity contribution in [2.24, 2.45) is 5.73 Å². The van der Waals surface area contributed by atoms with Gasteiger partial charge in [-0.2, -0.15) is 0 Å². The summed E-state index contributed by atoms with van der Waals surface area (Å²) in [6, 6.07) is 2.69. The highest BCUT2D eigenvalue weighted by Crippen LogP contribution is 2.15. The molecule has 1 rings (SSSR count). The molecule has 1 aromatic carbocycles. The second-order valence-corrected chi connectivity index (χ2v) is 3.15. The predicted octanol–water partition coefficient (Wildman–Crippen LogP) is 0.574. The largest absolute Gasteiger partial charge is 0.508 e. The van der Waals surface area contributed by atoms with Crippen molar-refractivity contribution < 1.29 is 19.0 Å². The van der Waals surface area contributed by atoms with Gasteiger partial charge in [0, 0.05) is 6.07 Å². The number of esters is 1. The van der Waals surface area contributed by atoms with Gasteiger partial charge in [0.1, 0.15) is 17.6 Å². The van der Waals surface area contributed by atoms with Gasteiger partial charge in [0.15, 0.2) is 0 Å². The Hall–Kier alpha value is -1.62. The summed E-state index contributed by atoms with van der Waals surface area (Å²) in [5.41, 5.74) is 5.93. The lowest BCUT2D eigenvalue weighted by Gasteiger charge is -2.09. The second-order valence-electron chi connectivity index (χ2n) is 3.15. The van der Waals surface area contributed by atoms with Crippen LogP contribution in [-0.2, 0) is 16.0 Å². The van der Waals surface area contributed by atoms with Crippen LogP contribution in [-0.4, -0.2) is 24.2 Å². The summed E-state index contributed by atoms with van der Waals surface area (Å²) in [6.07, 6.45) is 0.123. The molecule has 5 heteroatoms. The molecule has 0 aliphatic carbocycles. The molecule has 0 amide bonds. The van der Waals surface area contributed by atoms with Crippen molar-refractivity contribution in [3.8, 4) is 5.75 Å². The minimum atomic E-state index is -0.851. The van der Waals surface area contributed by atoms with Crippen LogP contribution in [0.25, 0.3) is 0 Å². The van der Waals surface area contributed by atoms with Crippen molar-refractivity contribution in [3.05, 3.63) is 29.6 Å². The first kappa shape index (κ1) is 11.5. The molecule has 0 aromatic heterocycles. The highest BCUT2D eigenvalue weighted by atomic mass is 19.1. The van der Waals surface area contributed by atoms with Gasteiger partial charge in [-0.3, -0.25) is 4.79 Å². The van der Waals surface area contributed by atoms with E-state index in [0.717, 1.165) is 6.07 Å². The molecule has 0 radical (unpaired) electrons. The smallest absolute Gasteiger partial charge is 0.322 e. The molecule has 0 unspecified atom stereocenters. The molecule has 1 atom stereocenters. The Kier molecular flexibility index (Phi) is 3.62. The quantitative estimate of drug-likeness (QED) is 0.720. The highest BCUT2D eigenvalue weighted by Gasteiger charge is 2.14. The number of carbonyl (C=O) groups excluding carboxylic acids is 1. The summed E-state index contributed by atoms with van der Waals surface area (Å²) in [6.45, 7) is 0. The van der Waals surface area contributed by atoms with Gasteiger partial charge in [0.2, 0.25) is 0 Å². The van der Waals surface area contributed by atoms with E-state index in [0.29, 0.717) is 5.56 Å². The Morgan fingerprint density at radius 1 is 1.60 bits per heavy atom. The first-order valence-electron chi connectivity index (χ1n) is 4.34. The topological polar surface area (TPSA) is 72.5 Å². The molecular weight excluding hydrogens is 201 g/mol. The number of rotatable bonds is 3. The highest BCUT2D eigenvalue weighted by molar-refractivity contribution is 5.75. The van der Waals surface area contributed by atoms with E-state index < -0.39 is 17.8 Å². The Morgan fingerprint density at radius 3 is 2.80 bits per heavy atom. The van der Waals surface area contributed by atoms with Crippen molar-refractivity contribution in [2.45, 2.75) is 12.5 Å². The zero-order valence-electron chi connectivity index (χ0n) is 8.24. The Morgan fingerprint density at radius 2 is 2.27 bits per heavy atom. The van der Waals surface area contributed by atoms with Gasteiger partial charge in [-0.05, 0) is 24.1 Å². The van der Waals surface area contributed by atoms with E-state index in [4.69, 9.17) is 10.8 Å². The number of hydrogen-bond donors (Lipinski definition) is 2. The minimum absolute atomic E-state index is 0.123. The summed E-state index contributed by atoms with van der Waals surface area (Å²) in [4.78, 5) is 11.0. The maximum absolute atomic E-state index is 12.8. The fraction of sp³-hybridized carbons (Fsp3) is 0.300. The number of carbonyl (C=O) groups is 1. The van der Waals surface area contributed by atoms with Crippen molar-refractivity contribution in [3.63, 3.8) is 0 Å². The summed E-state index contributed by atoms with van der Waals surface area (Å²) in [5.74, 6) is -1.33. The molecule has 0 aliphatic rings. The van der Waals surface area contributed by atoms with Crippen molar-refractivity contribution in [2.75, 3.05) is 7.11 Å². The van der Waals surface area contributed by atoms with Gasteiger partial charge in [-0.15, -0.1) is 0 Å². The molecule has 4 nitrogen and oxygen atoms in total. The van der Waals surface area contributed by atoms with Gasteiger partial charge in [0.05, 0.1) is 7.11 Å². The van der Waals surface area contributed by atoms with E-state index in [1.165, 1.54) is 19.2 Å². The second kappa shape index (κ2) is 4.75. The van der Waals surface area contributed by atoms with Crippen LogP contribution in [0.3, 0.4) is 0 Å². The third-order valence-corrected chi connectivity index (χ3v) is 1.90. The number of benzene rings is 1. The summed E-state index contributed by atoms with van der Waals surface area (Å²) in [5, 5.41) is 9.11. The van der Waals surface area contributed by atoms with Crippen molar-refractivity contribution in [1.82, 2.24) is 0 Å². The van der Waals surface area contributed by atoms with Crippen LogP contribution in [0.5, 0.6) is 5.75 Å². The number of nitrogens with two attached hydrogens (primary N) is 1. The fourth-order valence-corrected chi connectivity index (χ4v) is 1.24. The average Bonchev–Trinajstić information content (AvgIpc) is 2.14. The maximum atomic E-state index is 12.8. The number of aromatic hydroxyl groups is 1. The summed E-state index contributed by atoms with van der Waals surface area (Å²) < 4.78 is 17.3. The van der Waals surface area contributed by atoms with Gasteiger partial charge < -0.3 is 15.6 Å². The number of phenolic OH excluding ortho intramolecular Hbond substituents is 1. The van der Waals surface area contributed by atoms with Gasteiger partial charge >= 0.3 is 5.97 Å². The predicted molar refractivity (Wildman–Crippen MR) is 51.8 cm³/mol. The van der Waals surface area contributed by atoms with Gasteiger partial charge in [0.25, 0.3) is 0 Å². The van der Waals surface area contributed by atoms with E-state index >= 15 is 0 Å². The molecule has 3 N–H and O–H groups in total. The first-order valence-corrected chi connectivity index (χ1v) is 4.34. The molecule has 0 fully saturated rings. The lowest BCUT2D eigenvalue weighted by molar-refractivity contribution is -0.142. The molecular formula is C10H12FNO3. The third kappa shape index (κ3) is 3.21. The van der Waals surface area contributed by atoms with Crippen LogP contribution < -0.4 is 5.73 Å². The van der Waals surface area contributed by atoms with Crippen LogP contribution in [0.2, 0.25) is 0 Å². The van der Waals surface area contributed by atoms with E-state index in [1.807, 2.05) is 0 Å². The number of ether oxygens (including phenoxy) is 1. The molecule has 0 bridgehead atoms. The third-order valence-electron chi connectivity index (χ3n) is 1.90. The first-order chi connectivity index (χ1) is 7.02. The molecule has 0 aliphatic heterocycles. The number of halogens is 1. The average molecular weight is 213 g/mol. The Bertz CT molecular complexity index is 347. The van der Waals surface area contributed by atoms with Crippen LogP contribution in [0.15, 0.2) is 18.2 Å². The lowest BCUT2D eigenvalue weighted by Crippen LogP contribution is -2.33. The fourth-order valence-electron chi connectivity index (χ4n) is 1.24. The molecule has 15 heavy (non-hydrogen) atoms. The van der Waals surface area contributed by atoms with Crippen LogP contribution in [0.1, 0.15) is 5.56 Å². The zero-order chi connectivity index (χ0) is 11.4. The molecule has 0 saturated heterocycles. The van der Waals surface area contributed by atoms with Crippen LogP contribution in [0, 0.1) is 5.82 Å². The van der Waals surface area contributed by atoms with E-state index in [2.05, 4.69) is 4.74 Å². The monoisotopic (exact) mass is 213 g/mol. The standard InChI is InChI=1S/C10H12FNO3/c1-15-10(14)9(12)4-6-2-7(11)5-8(13)3-6/h2-3,5,9,13H,4,12H2,1H3/t9-/m1/s1. The van der Waals surface area contributed by atoms with Gasteiger partial charge in [-0.25, -0.2) is 4.39 Å². The molecule has 0 saturated carbocycles. The van der Waals surface area contributed by atoms with E-state index in [1.54, 1.807) is 0 Å². The normalized spacial score (nSPS) is 12.2. The lowest BCUT2D eigenvalue weighted by atomic mass is 10.1. The number of methoxy groups -OCH3 is 1. The van der Waals surface area contributed by atoms with E-state index in [9.17, 15) is 9.18 Å². The van der Waals surface area contributed by atoms with Crippen molar-refractivity contribution >= 4 is 5.97 Å². The summed E-state index contributed by atoms with van der Waals surface area (Å²) in [7, 11) is 1.23. The molecule has 0 spiro atoms. The van der Waals surface area contributed by atoms with Crippen LogP contribution in [0.4, 0.5) is 4.39 Å². The van der Waals surface area contributed by atoms with E-state index in [-0.39, 0.29) is 12.2 Å². The summed E-state index contributed by atoms with van der Waals surface area (Å²) >= 11 is 0. The molecule has 82 valence electrons. The zero-order valence-corrected chi connectivity index (χ0v) is 8.24. The maximum Gasteiger partial charge on any atom is 0.322 e. The minimum Gasteiger partial charge on any atom is -0.508 e. The van der Waals surface area contributed by atoms with Crippen molar-refractivity contribution in [1.29, 1.82) is 0 Å². The van der Waals surface area contributed by atoms with Crippen LogP contribution >= 0.6 is 0 Å². The SMILES string of the molecule is COC(=O)[C@H](N)Cc1cc(O)cc(F)c1. The molecule has 0 heterocycles. The number of phenols is 1. The molecule has 1 aromatic rings.